The van der Waals surface area contributed by atoms with Gasteiger partial charge in [0.25, 0.3) is 0 Å². The Bertz CT molecular complexity index is 501. The smallest absolute Gasteiger partial charge is 0.313 e. The number of likely N-dealkylation sites (N-methyl/N-ethyl adjacent to an activating group) is 1. The zero-order valence-corrected chi connectivity index (χ0v) is 12.5. The first-order chi connectivity index (χ1) is 9.65. The zero-order valence-electron chi connectivity index (χ0n) is 11.7. The molecule has 0 spiro atoms. The maximum Gasteiger partial charge on any atom is 0.313 e. The van der Waals surface area contributed by atoms with Gasteiger partial charge in [0.15, 0.2) is 5.16 Å². The number of piperidine rings is 1. The second-order valence-corrected chi connectivity index (χ2v) is 6.67. The molecular weight excluding hydrogens is 276 g/mol. The molecule has 1 aromatic heterocycles. The molecule has 0 aromatic carbocycles. The van der Waals surface area contributed by atoms with Crippen molar-refractivity contribution < 1.29 is 9.90 Å². The molecule has 3 rings (SSSR count). The highest BCUT2D eigenvalue weighted by Crippen LogP contribution is 2.42. The van der Waals surface area contributed by atoms with Gasteiger partial charge in [-0.25, -0.2) is 0 Å². The molecule has 2 heterocycles. The summed E-state index contributed by atoms with van der Waals surface area (Å²) in [6.45, 7) is 2.13. The van der Waals surface area contributed by atoms with Crippen LogP contribution in [0.5, 0.6) is 0 Å². The van der Waals surface area contributed by atoms with E-state index in [4.69, 9.17) is 5.11 Å². The third kappa shape index (κ3) is 2.98. The maximum atomic E-state index is 10.8. The Hall–Kier alpha value is -1.08. The number of hydrogen-bond donors (Lipinski definition) is 1. The molecule has 1 N–H and O–H groups in total. The molecule has 1 atom stereocenters. The topological polar surface area (TPSA) is 71.2 Å². The maximum absolute atomic E-state index is 10.8. The van der Waals surface area contributed by atoms with E-state index in [9.17, 15) is 4.79 Å². The van der Waals surface area contributed by atoms with Crippen LogP contribution >= 0.6 is 11.8 Å². The second-order valence-electron chi connectivity index (χ2n) is 5.73. The highest BCUT2D eigenvalue weighted by molar-refractivity contribution is 7.99. The van der Waals surface area contributed by atoms with Crippen molar-refractivity contribution >= 4 is 17.7 Å². The van der Waals surface area contributed by atoms with E-state index in [1.54, 1.807) is 0 Å². The van der Waals surface area contributed by atoms with E-state index in [-0.39, 0.29) is 5.75 Å². The minimum absolute atomic E-state index is 0.0470. The van der Waals surface area contributed by atoms with Crippen LogP contribution in [0.3, 0.4) is 0 Å². The molecule has 1 aliphatic heterocycles. The Morgan fingerprint density at radius 2 is 2.20 bits per heavy atom. The number of thioether (sulfide) groups is 1. The average molecular weight is 296 g/mol. The minimum Gasteiger partial charge on any atom is -0.481 e. The number of carboxylic acid groups (broad SMARTS) is 1. The predicted octanol–water partition coefficient (Wildman–Crippen LogP) is 1.60. The number of carbonyl (C=O) groups is 1. The van der Waals surface area contributed by atoms with Crippen molar-refractivity contribution in [1.82, 2.24) is 19.7 Å². The number of aromatic nitrogens is 3. The fraction of sp³-hybridized carbons (Fsp3) is 0.769. The van der Waals surface area contributed by atoms with Gasteiger partial charge in [-0.3, -0.25) is 4.79 Å². The van der Waals surface area contributed by atoms with Gasteiger partial charge in [0.05, 0.1) is 11.8 Å². The van der Waals surface area contributed by atoms with Crippen LogP contribution in [0.25, 0.3) is 0 Å². The fourth-order valence-electron chi connectivity index (χ4n) is 2.83. The SMILES string of the molecule is CN1CCCC(n2c(SCC(=O)O)nnc2C2CC2)C1. The van der Waals surface area contributed by atoms with Crippen molar-refractivity contribution in [3.8, 4) is 0 Å². The van der Waals surface area contributed by atoms with E-state index >= 15 is 0 Å². The first kappa shape index (κ1) is 13.9. The van der Waals surface area contributed by atoms with E-state index in [1.165, 1.54) is 31.0 Å². The van der Waals surface area contributed by atoms with Crippen molar-refractivity contribution in [3.05, 3.63) is 5.82 Å². The zero-order chi connectivity index (χ0) is 14.1. The highest BCUT2D eigenvalue weighted by atomic mass is 32.2. The van der Waals surface area contributed by atoms with Gasteiger partial charge in [0, 0.05) is 12.5 Å². The highest BCUT2D eigenvalue weighted by Gasteiger charge is 2.33. The van der Waals surface area contributed by atoms with Gasteiger partial charge in [-0.15, -0.1) is 10.2 Å². The Labute approximate surface area is 122 Å². The van der Waals surface area contributed by atoms with E-state index in [0.717, 1.165) is 30.5 Å². The summed E-state index contributed by atoms with van der Waals surface area (Å²) in [5.41, 5.74) is 0. The van der Waals surface area contributed by atoms with Gasteiger partial charge >= 0.3 is 5.97 Å². The van der Waals surface area contributed by atoms with Gasteiger partial charge < -0.3 is 14.6 Å². The summed E-state index contributed by atoms with van der Waals surface area (Å²) < 4.78 is 2.22. The summed E-state index contributed by atoms with van der Waals surface area (Å²) in [5.74, 6) is 0.844. The minimum atomic E-state index is -0.807. The van der Waals surface area contributed by atoms with Crippen LogP contribution in [0.2, 0.25) is 0 Å². The molecule has 1 saturated carbocycles. The summed E-state index contributed by atoms with van der Waals surface area (Å²) in [7, 11) is 2.14. The Morgan fingerprint density at radius 1 is 1.40 bits per heavy atom. The number of nitrogens with zero attached hydrogens (tertiary/aromatic N) is 4. The molecule has 0 bridgehead atoms. The predicted molar refractivity (Wildman–Crippen MR) is 76.1 cm³/mol. The molecule has 110 valence electrons. The molecule has 1 saturated heterocycles. The number of rotatable bonds is 5. The fourth-order valence-corrected chi connectivity index (χ4v) is 3.56. The molecular formula is C13H20N4O2S. The number of aliphatic carboxylic acids is 1. The summed E-state index contributed by atoms with van der Waals surface area (Å²) in [6.07, 6.45) is 4.67. The van der Waals surface area contributed by atoms with Gasteiger partial charge in [0.1, 0.15) is 5.82 Å². The van der Waals surface area contributed by atoms with E-state index in [2.05, 4.69) is 26.7 Å². The van der Waals surface area contributed by atoms with E-state index in [0.29, 0.717) is 12.0 Å². The molecule has 2 fully saturated rings. The van der Waals surface area contributed by atoms with Crippen LogP contribution in [0.4, 0.5) is 0 Å². The first-order valence-electron chi connectivity index (χ1n) is 7.13. The van der Waals surface area contributed by atoms with Crippen LogP contribution in [-0.4, -0.2) is 56.6 Å². The van der Waals surface area contributed by atoms with Crippen molar-refractivity contribution in [2.45, 2.75) is 42.8 Å². The molecule has 7 heteroatoms. The van der Waals surface area contributed by atoms with Crippen LogP contribution < -0.4 is 0 Å². The van der Waals surface area contributed by atoms with Crippen LogP contribution in [0.15, 0.2) is 5.16 Å². The Kier molecular flexibility index (Phi) is 3.98. The lowest BCUT2D eigenvalue weighted by Gasteiger charge is -2.31. The van der Waals surface area contributed by atoms with Crippen LogP contribution in [0.1, 0.15) is 43.5 Å². The lowest BCUT2D eigenvalue weighted by Crippen LogP contribution is -2.34. The van der Waals surface area contributed by atoms with Gasteiger partial charge in [-0.2, -0.15) is 0 Å². The molecule has 1 aliphatic carbocycles. The second kappa shape index (κ2) is 5.73. The third-order valence-electron chi connectivity index (χ3n) is 3.92. The molecule has 0 amide bonds. The van der Waals surface area contributed by atoms with Crippen LogP contribution in [0, 0.1) is 0 Å². The molecule has 1 unspecified atom stereocenters. The van der Waals surface area contributed by atoms with Crippen molar-refractivity contribution in [3.63, 3.8) is 0 Å². The monoisotopic (exact) mass is 296 g/mol. The van der Waals surface area contributed by atoms with Gasteiger partial charge in [0.2, 0.25) is 0 Å². The normalized spacial score (nSPS) is 23.9. The van der Waals surface area contributed by atoms with Gasteiger partial charge in [-0.05, 0) is 39.3 Å². The molecule has 2 aliphatic rings. The quantitative estimate of drug-likeness (QED) is 0.832. The summed E-state index contributed by atoms with van der Waals surface area (Å²) in [5, 5.41) is 18.2. The molecule has 1 aromatic rings. The largest absolute Gasteiger partial charge is 0.481 e. The number of likely N-dealkylation sites (tertiary alicyclic amines) is 1. The lowest BCUT2D eigenvalue weighted by atomic mass is 10.1. The van der Waals surface area contributed by atoms with Crippen molar-refractivity contribution in [1.29, 1.82) is 0 Å². The third-order valence-corrected chi connectivity index (χ3v) is 4.85. The standard InChI is InChI=1S/C13H20N4O2S/c1-16-6-2-3-10(7-16)17-12(9-4-5-9)14-15-13(17)20-8-11(18)19/h9-10H,2-8H2,1H3,(H,18,19). The van der Waals surface area contributed by atoms with E-state index in [1.807, 2.05) is 0 Å². The van der Waals surface area contributed by atoms with E-state index < -0.39 is 5.97 Å². The first-order valence-corrected chi connectivity index (χ1v) is 8.11. The van der Waals surface area contributed by atoms with Crippen molar-refractivity contribution in [2.75, 3.05) is 25.9 Å². The molecule has 20 heavy (non-hydrogen) atoms. The average Bonchev–Trinajstić information content (AvgIpc) is 3.16. The Balaban J connectivity index is 1.84. The summed E-state index contributed by atoms with van der Waals surface area (Å²) in [6, 6.07) is 0.385. The summed E-state index contributed by atoms with van der Waals surface area (Å²) in [4.78, 5) is 13.1. The lowest BCUT2D eigenvalue weighted by molar-refractivity contribution is -0.133. The number of carboxylic acids is 1. The van der Waals surface area contributed by atoms with Crippen LogP contribution in [-0.2, 0) is 4.79 Å². The molecule has 6 nitrogen and oxygen atoms in total. The van der Waals surface area contributed by atoms with Gasteiger partial charge in [-0.1, -0.05) is 11.8 Å². The number of hydrogen-bond acceptors (Lipinski definition) is 5. The van der Waals surface area contributed by atoms with Crippen molar-refractivity contribution in [2.24, 2.45) is 0 Å². The molecule has 0 radical (unpaired) electrons. The summed E-state index contributed by atoms with van der Waals surface area (Å²) >= 11 is 1.29. The Morgan fingerprint density at radius 3 is 2.85 bits per heavy atom.